The highest BCUT2D eigenvalue weighted by Gasteiger charge is 1.95. The molecular formula is C7H11N. The van der Waals surface area contributed by atoms with Gasteiger partial charge in [-0.15, -0.1) is 0 Å². The van der Waals surface area contributed by atoms with E-state index in [4.69, 9.17) is 0 Å². The maximum absolute atomic E-state index is 3.13. The molecule has 0 amide bonds. The van der Waals surface area contributed by atoms with Crippen molar-refractivity contribution in [1.82, 2.24) is 5.32 Å². The molecule has 0 radical (unpaired) electrons. The molecule has 1 rings (SSSR count). The smallest absolute Gasteiger partial charge is 0.0107 e. The van der Waals surface area contributed by atoms with Crippen LogP contribution in [-0.4, -0.2) is 0 Å². The van der Waals surface area contributed by atoms with Crippen molar-refractivity contribution >= 4 is 0 Å². The van der Waals surface area contributed by atoms with E-state index < -0.39 is 0 Å². The van der Waals surface area contributed by atoms with E-state index >= 15 is 0 Å². The minimum absolute atomic E-state index is 1.11. The van der Waals surface area contributed by atoms with Gasteiger partial charge in [0, 0.05) is 5.70 Å². The van der Waals surface area contributed by atoms with E-state index in [2.05, 4.69) is 25.2 Å². The number of nitrogens with one attached hydrogen (secondary N) is 1. The highest BCUT2D eigenvalue weighted by Crippen LogP contribution is 2.09. The Hall–Kier alpha value is -0.720. The monoisotopic (exact) mass is 109 g/mol. The van der Waals surface area contributed by atoms with E-state index in [9.17, 15) is 0 Å². The Morgan fingerprint density at radius 3 is 2.62 bits per heavy atom. The fourth-order valence-corrected chi connectivity index (χ4v) is 0.696. The van der Waals surface area contributed by atoms with Gasteiger partial charge in [0.1, 0.15) is 0 Å². The lowest BCUT2D eigenvalue weighted by Gasteiger charge is -2.09. The van der Waals surface area contributed by atoms with Crippen molar-refractivity contribution < 1.29 is 0 Å². The van der Waals surface area contributed by atoms with Gasteiger partial charge in [0.15, 0.2) is 0 Å². The summed E-state index contributed by atoms with van der Waals surface area (Å²) in [5.41, 5.74) is 2.74. The number of hydrogen-bond donors (Lipinski definition) is 1. The van der Waals surface area contributed by atoms with Crippen LogP contribution >= 0.6 is 0 Å². The minimum Gasteiger partial charge on any atom is -0.366 e. The Morgan fingerprint density at radius 2 is 2.25 bits per heavy atom. The van der Waals surface area contributed by atoms with Crippen LogP contribution in [0.2, 0.25) is 0 Å². The zero-order valence-corrected chi connectivity index (χ0v) is 5.36. The Bertz CT molecular complexity index is 126. The van der Waals surface area contributed by atoms with Gasteiger partial charge in [-0.3, -0.25) is 0 Å². The fraction of sp³-hybridized carbons (Fsp3) is 0.429. The highest BCUT2D eigenvalue weighted by atomic mass is 14.8. The zero-order valence-electron chi connectivity index (χ0n) is 5.36. The lowest BCUT2D eigenvalue weighted by Crippen LogP contribution is -2.06. The van der Waals surface area contributed by atoms with Gasteiger partial charge in [-0.1, -0.05) is 11.6 Å². The quantitative estimate of drug-likeness (QED) is 0.500. The molecule has 1 nitrogen and oxygen atoms in total. The topological polar surface area (TPSA) is 12.0 Å². The molecule has 0 unspecified atom stereocenters. The molecule has 1 N–H and O–H groups in total. The molecule has 8 heavy (non-hydrogen) atoms. The van der Waals surface area contributed by atoms with E-state index in [1.807, 2.05) is 6.20 Å². The molecule has 0 aromatic heterocycles. The first-order valence-corrected chi connectivity index (χ1v) is 2.88. The van der Waals surface area contributed by atoms with Crippen LogP contribution in [0.1, 0.15) is 20.3 Å². The maximum Gasteiger partial charge on any atom is 0.0107 e. The van der Waals surface area contributed by atoms with E-state index in [1.165, 1.54) is 11.3 Å². The molecule has 1 heterocycles. The Kier molecular flexibility index (Phi) is 1.38. The van der Waals surface area contributed by atoms with Gasteiger partial charge < -0.3 is 5.32 Å². The summed E-state index contributed by atoms with van der Waals surface area (Å²) < 4.78 is 0. The molecule has 0 bridgehead atoms. The van der Waals surface area contributed by atoms with Crippen LogP contribution in [0.15, 0.2) is 23.5 Å². The standard InChI is InChI=1S/C7H11N/c1-6-4-3-5-8-7(6)2/h3,5,8H,4H2,1-2H3. The second-order valence-electron chi connectivity index (χ2n) is 2.16. The third-order valence-corrected chi connectivity index (χ3v) is 1.48. The van der Waals surface area contributed by atoms with Crippen molar-refractivity contribution in [1.29, 1.82) is 0 Å². The van der Waals surface area contributed by atoms with Crippen LogP contribution in [0, 0.1) is 0 Å². The number of hydrogen-bond acceptors (Lipinski definition) is 1. The van der Waals surface area contributed by atoms with Crippen molar-refractivity contribution in [2.45, 2.75) is 20.3 Å². The van der Waals surface area contributed by atoms with E-state index in [1.54, 1.807) is 0 Å². The lowest BCUT2D eigenvalue weighted by molar-refractivity contribution is 0.945. The molecule has 0 saturated carbocycles. The molecule has 1 aliphatic rings. The number of allylic oxidation sites excluding steroid dienone is 3. The van der Waals surface area contributed by atoms with Gasteiger partial charge >= 0.3 is 0 Å². The van der Waals surface area contributed by atoms with Crippen LogP contribution in [0.4, 0.5) is 0 Å². The van der Waals surface area contributed by atoms with E-state index in [0.717, 1.165) is 6.42 Å². The summed E-state index contributed by atoms with van der Waals surface area (Å²) in [6, 6.07) is 0. The molecular weight excluding hydrogens is 98.1 g/mol. The second kappa shape index (κ2) is 2.03. The number of rotatable bonds is 0. The molecule has 0 aromatic rings. The van der Waals surface area contributed by atoms with Gasteiger partial charge in [-0.2, -0.15) is 0 Å². The molecule has 0 aliphatic carbocycles. The van der Waals surface area contributed by atoms with Gasteiger partial charge in [-0.05, 0) is 26.5 Å². The normalized spacial score (nSPS) is 18.8. The lowest BCUT2D eigenvalue weighted by atomic mass is 10.1. The first-order valence-electron chi connectivity index (χ1n) is 2.88. The van der Waals surface area contributed by atoms with Crippen molar-refractivity contribution in [3.63, 3.8) is 0 Å². The highest BCUT2D eigenvalue weighted by molar-refractivity contribution is 5.17. The first kappa shape index (κ1) is 5.42. The van der Waals surface area contributed by atoms with Crippen LogP contribution in [0.5, 0.6) is 0 Å². The largest absolute Gasteiger partial charge is 0.366 e. The Labute approximate surface area is 50.1 Å². The molecule has 0 aromatic carbocycles. The zero-order chi connectivity index (χ0) is 5.98. The Morgan fingerprint density at radius 1 is 1.50 bits per heavy atom. The van der Waals surface area contributed by atoms with Crippen molar-refractivity contribution in [2.24, 2.45) is 0 Å². The summed E-state index contributed by atoms with van der Waals surface area (Å²) in [6.07, 6.45) is 5.23. The molecule has 1 heteroatoms. The molecule has 0 spiro atoms. The van der Waals surface area contributed by atoms with Crippen LogP contribution in [-0.2, 0) is 0 Å². The summed E-state index contributed by atoms with van der Waals surface area (Å²) in [5.74, 6) is 0. The predicted octanol–water partition coefficient (Wildman–Crippen LogP) is 1.79. The Balaban J connectivity index is 2.67. The summed E-state index contributed by atoms with van der Waals surface area (Å²) in [4.78, 5) is 0. The average molecular weight is 109 g/mol. The van der Waals surface area contributed by atoms with Crippen molar-refractivity contribution in [3.05, 3.63) is 23.5 Å². The SMILES string of the molecule is CC1=C(C)NC=CC1. The molecule has 0 atom stereocenters. The molecule has 0 saturated heterocycles. The van der Waals surface area contributed by atoms with Crippen molar-refractivity contribution in [2.75, 3.05) is 0 Å². The van der Waals surface area contributed by atoms with Crippen LogP contribution < -0.4 is 5.32 Å². The molecule has 44 valence electrons. The van der Waals surface area contributed by atoms with Gasteiger partial charge in [-0.25, -0.2) is 0 Å². The van der Waals surface area contributed by atoms with Crippen LogP contribution in [0.25, 0.3) is 0 Å². The molecule has 0 fully saturated rings. The summed E-state index contributed by atoms with van der Waals surface area (Å²) >= 11 is 0. The predicted molar refractivity (Wildman–Crippen MR) is 35.3 cm³/mol. The first-order chi connectivity index (χ1) is 3.80. The van der Waals surface area contributed by atoms with E-state index in [-0.39, 0.29) is 0 Å². The van der Waals surface area contributed by atoms with Gasteiger partial charge in [0.05, 0.1) is 0 Å². The minimum atomic E-state index is 1.11. The number of dihydropyridines is 1. The van der Waals surface area contributed by atoms with Crippen molar-refractivity contribution in [3.8, 4) is 0 Å². The maximum atomic E-state index is 3.13. The van der Waals surface area contributed by atoms with E-state index in [0.29, 0.717) is 0 Å². The second-order valence-corrected chi connectivity index (χ2v) is 2.16. The summed E-state index contributed by atoms with van der Waals surface area (Å²) in [7, 11) is 0. The summed E-state index contributed by atoms with van der Waals surface area (Å²) in [5, 5.41) is 3.13. The fourth-order valence-electron chi connectivity index (χ4n) is 0.696. The van der Waals surface area contributed by atoms with Gasteiger partial charge in [0.2, 0.25) is 0 Å². The van der Waals surface area contributed by atoms with Crippen LogP contribution in [0.3, 0.4) is 0 Å². The third kappa shape index (κ3) is 0.915. The average Bonchev–Trinajstić information content (AvgIpc) is 1.77. The third-order valence-electron chi connectivity index (χ3n) is 1.48. The summed E-state index contributed by atoms with van der Waals surface area (Å²) in [6.45, 7) is 4.24. The molecule has 1 aliphatic heterocycles. The van der Waals surface area contributed by atoms with Gasteiger partial charge in [0.25, 0.3) is 0 Å².